The zero-order valence-electron chi connectivity index (χ0n) is 11.6. The lowest BCUT2D eigenvalue weighted by Crippen LogP contribution is -2.34. The fraction of sp³-hybridized carbons (Fsp3) is 0.625. The molecule has 0 bridgehead atoms. The number of fused-ring (bicyclic) bond motifs is 1. The van der Waals surface area contributed by atoms with Gasteiger partial charge in [0.25, 0.3) is 5.91 Å². The number of hydrogen-bond donors (Lipinski definition) is 1. The van der Waals surface area contributed by atoms with Crippen molar-refractivity contribution in [3.8, 4) is 0 Å². The van der Waals surface area contributed by atoms with Gasteiger partial charge in [0.1, 0.15) is 11.5 Å². The number of halogens is 1. The minimum Gasteiger partial charge on any atom is -0.351 e. The van der Waals surface area contributed by atoms with Crippen molar-refractivity contribution in [3.05, 3.63) is 24.1 Å². The molecular weight excluding hydrogens is 255 g/mol. The van der Waals surface area contributed by atoms with Gasteiger partial charge in [0.2, 0.25) is 0 Å². The van der Waals surface area contributed by atoms with Crippen molar-refractivity contribution < 1.29 is 9.18 Å². The number of carbonyl (C=O) groups excluding carboxylic acids is 1. The smallest absolute Gasteiger partial charge is 0.265 e. The predicted octanol–water partition coefficient (Wildman–Crippen LogP) is 2.94. The van der Waals surface area contributed by atoms with Crippen LogP contribution in [0.2, 0.25) is 0 Å². The van der Waals surface area contributed by atoms with Gasteiger partial charge in [0.15, 0.2) is 0 Å². The van der Waals surface area contributed by atoms with Crippen molar-refractivity contribution in [2.45, 2.75) is 44.6 Å². The lowest BCUT2D eigenvalue weighted by atomic mass is 9.89. The molecule has 108 valence electrons. The zero-order valence-corrected chi connectivity index (χ0v) is 11.6. The van der Waals surface area contributed by atoms with Crippen LogP contribution < -0.4 is 5.32 Å². The third kappa shape index (κ3) is 3.00. The summed E-state index contributed by atoms with van der Waals surface area (Å²) in [6, 6.07) is -0.0510. The van der Waals surface area contributed by atoms with Crippen molar-refractivity contribution in [2.24, 2.45) is 16.8 Å². The van der Waals surface area contributed by atoms with Crippen LogP contribution >= 0.6 is 0 Å². The van der Waals surface area contributed by atoms with E-state index < -0.39 is 0 Å². The number of carbonyl (C=O) groups is 1. The van der Waals surface area contributed by atoms with E-state index in [-0.39, 0.29) is 23.7 Å². The first-order chi connectivity index (χ1) is 9.72. The summed E-state index contributed by atoms with van der Waals surface area (Å²) >= 11 is 0. The number of aliphatic imine (C=N–C) groups is 1. The number of hydrogen-bond acceptors (Lipinski definition) is 2. The van der Waals surface area contributed by atoms with E-state index in [1.165, 1.54) is 38.2 Å². The van der Waals surface area contributed by atoms with Gasteiger partial charge in [-0.15, -0.1) is 0 Å². The Balaban J connectivity index is 1.52. The maximum absolute atomic E-state index is 13.2. The molecule has 1 aliphatic heterocycles. The van der Waals surface area contributed by atoms with Crippen LogP contribution in [0.5, 0.6) is 0 Å². The Morgan fingerprint density at radius 2 is 2.15 bits per heavy atom. The molecule has 0 aromatic rings. The monoisotopic (exact) mass is 276 g/mol. The maximum Gasteiger partial charge on any atom is 0.265 e. The Hall–Kier alpha value is -1.45. The highest BCUT2D eigenvalue weighted by Gasteiger charge is 2.31. The molecule has 1 amide bonds. The van der Waals surface area contributed by atoms with Gasteiger partial charge in [-0.25, -0.2) is 4.39 Å². The fourth-order valence-electron chi connectivity index (χ4n) is 3.35. The maximum atomic E-state index is 13.2. The summed E-state index contributed by atoms with van der Waals surface area (Å²) in [5, 5.41) is 3.01. The van der Waals surface area contributed by atoms with Gasteiger partial charge in [-0.3, -0.25) is 9.79 Å². The molecule has 1 saturated carbocycles. The van der Waals surface area contributed by atoms with Gasteiger partial charge in [0.05, 0.1) is 6.04 Å². The summed E-state index contributed by atoms with van der Waals surface area (Å²) in [6.07, 6.45) is 11.6. The second kappa shape index (κ2) is 5.90. The van der Waals surface area contributed by atoms with Crippen LogP contribution in [-0.2, 0) is 4.79 Å². The lowest BCUT2D eigenvalue weighted by Gasteiger charge is -2.21. The van der Waals surface area contributed by atoms with E-state index in [1.54, 1.807) is 12.2 Å². The van der Waals surface area contributed by atoms with E-state index in [9.17, 15) is 9.18 Å². The van der Waals surface area contributed by atoms with Gasteiger partial charge in [-0.1, -0.05) is 25.3 Å². The predicted molar refractivity (Wildman–Crippen MR) is 77.2 cm³/mol. The van der Waals surface area contributed by atoms with Gasteiger partial charge in [-0.2, -0.15) is 0 Å². The number of nitrogens with one attached hydrogen (secondary N) is 1. The standard InChI is InChI=1S/C16H21FN2O/c17-13-6-7-14-12(8-13)9-15(19-14)16(20)18-10-11-4-2-1-3-5-11/h6-8,11-12,14H,1-5,9-10H2,(H,18,20). The Kier molecular flexibility index (Phi) is 3.99. The lowest BCUT2D eigenvalue weighted by molar-refractivity contribution is -0.115. The van der Waals surface area contributed by atoms with Crippen LogP contribution in [-0.4, -0.2) is 24.2 Å². The molecule has 0 aromatic heterocycles. The molecule has 3 rings (SSSR count). The number of nitrogens with zero attached hydrogens (tertiary/aromatic N) is 1. The summed E-state index contributed by atoms with van der Waals surface area (Å²) in [5.74, 6) is 0.363. The van der Waals surface area contributed by atoms with E-state index >= 15 is 0 Å². The molecule has 1 heterocycles. The first-order valence-corrected chi connectivity index (χ1v) is 7.63. The highest BCUT2D eigenvalue weighted by molar-refractivity contribution is 6.39. The quantitative estimate of drug-likeness (QED) is 0.846. The van der Waals surface area contributed by atoms with Crippen molar-refractivity contribution in [3.63, 3.8) is 0 Å². The van der Waals surface area contributed by atoms with E-state index in [2.05, 4.69) is 10.3 Å². The van der Waals surface area contributed by atoms with Gasteiger partial charge in [0, 0.05) is 18.9 Å². The average molecular weight is 276 g/mol. The molecule has 1 fully saturated rings. The third-order valence-electron chi connectivity index (χ3n) is 4.54. The van der Waals surface area contributed by atoms with E-state index in [1.807, 2.05) is 0 Å². The number of rotatable bonds is 3. The topological polar surface area (TPSA) is 41.5 Å². The summed E-state index contributed by atoms with van der Waals surface area (Å²) in [7, 11) is 0. The van der Waals surface area contributed by atoms with E-state index in [0.717, 1.165) is 6.54 Å². The van der Waals surface area contributed by atoms with Crippen molar-refractivity contribution in [1.29, 1.82) is 0 Å². The molecule has 2 aliphatic carbocycles. The Labute approximate surface area is 119 Å². The highest BCUT2D eigenvalue weighted by Crippen LogP contribution is 2.29. The van der Waals surface area contributed by atoms with E-state index in [0.29, 0.717) is 18.1 Å². The third-order valence-corrected chi connectivity index (χ3v) is 4.54. The van der Waals surface area contributed by atoms with Crippen molar-refractivity contribution in [2.75, 3.05) is 6.54 Å². The summed E-state index contributed by atoms with van der Waals surface area (Å²) in [4.78, 5) is 16.5. The molecule has 1 N–H and O–H groups in total. The number of amides is 1. The molecule has 0 radical (unpaired) electrons. The summed E-state index contributed by atoms with van der Waals surface area (Å²) in [5.41, 5.74) is 0.575. The normalized spacial score (nSPS) is 29.6. The van der Waals surface area contributed by atoms with Crippen LogP contribution in [0, 0.1) is 11.8 Å². The first-order valence-electron chi connectivity index (χ1n) is 7.63. The zero-order chi connectivity index (χ0) is 13.9. The van der Waals surface area contributed by atoms with Gasteiger partial charge in [-0.05, 0) is 30.9 Å². The SMILES string of the molecule is O=C(NCC1CCCCC1)C1=NC2C=CC(F)=CC2C1. The second-order valence-corrected chi connectivity index (χ2v) is 6.06. The number of allylic oxidation sites excluding steroid dienone is 2. The van der Waals surface area contributed by atoms with Crippen molar-refractivity contribution >= 4 is 11.6 Å². The molecule has 3 aliphatic rings. The first kappa shape index (κ1) is 13.5. The van der Waals surface area contributed by atoms with Crippen LogP contribution in [0.3, 0.4) is 0 Å². The van der Waals surface area contributed by atoms with Crippen LogP contribution in [0.25, 0.3) is 0 Å². The molecule has 20 heavy (non-hydrogen) atoms. The fourth-order valence-corrected chi connectivity index (χ4v) is 3.35. The minimum atomic E-state index is -0.217. The highest BCUT2D eigenvalue weighted by atomic mass is 19.1. The van der Waals surface area contributed by atoms with Gasteiger partial charge >= 0.3 is 0 Å². The van der Waals surface area contributed by atoms with Crippen LogP contribution in [0.1, 0.15) is 38.5 Å². The van der Waals surface area contributed by atoms with E-state index in [4.69, 9.17) is 0 Å². The summed E-state index contributed by atoms with van der Waals surface area (Å²) < 4.78 is 13.2. The van der Waals surface area contributed by atoms with Crippen molar-refractivity contribution in [1.82, 2.24) is 5.32 Å². The Bertz CT molecular complexity index is 475. The average Bonchev–Trinajstić information content (AvgIpc) is 2.89. The molecule has 2 atom stereocenters. The Morgan fingerprint density at radius 3 is 2.95 bits per heavy atom. The van der Waals surface area contributed by atoms with Crippen LogP contribution in [0.15, 0.2) is 29.0 Å². The van der Waals surface area contributed by atoms with Gasteiger partial charge < -0.3 is 5.32 Å². The molecule has 4 heteroatoms. The Morgan fingerprint density at radius 1 is 1.35 bits per heavy atom. The molecule has 3 nitrogen and oxygen atoms in total. The molecule has 0 spiro atoms. The molecule has 0 aromatic carbocycles. The molecular formula is C16H21FN2O. The van der Waals surface area contributed by atoms with Crippen LogP contribution in [0.4, 0.5) is 4.39 Å². The molecule has 0 saturated heterocycles. The second-order valence-electron chi connectivity index (χ2n) is 6.06. The molecule has 2 unspecified atom stereocenters. The minimum absolute atomic E-state index is 0.0235. The largest absolute Gasteiger partial charge is 0.351 e. The summed E-state index contributed by atoms with van der Waals surface area (Å²) in [6.45, 7) is 0.757.